The first-order valence-electron chi connectivity index (χ1n) is 9.82. The Hall–Kier alpha value is -2.00. The number of hydrogen-bond donors (Lipinski definition) is 1. The van der Waals surface area contributed by atoms with Gasteiger partial charge >= 0.3 is 0 Å². The Kier molecular flexibility index (Phi) is 4.91. The van der Waals surface area contributed by atoms with Gasteiger partial charge in [0.25, 0.3) is 11.6 Å². The summed E-state index contributed by atoms with van der Waals surface area (Å²) < 4.78 is 32.6. The molecule has 2 aromatic heterocycles. The summed E-state index contributed by atoms with van der Waals surface area (Å²) in [4.78, 5) is 19.5. The summed E-state index contributed by atoms with van der Waals surface area (Å²) in [5.41, 5.74) is 2.30. The molecule has 8 nitrogen and oxygen atoms in total. The van der Waals surface area contributed by atoms with E-state index in [1.807, 2.05) is 18.7 Å². The standard InChI is InChI=1S/C19H26N4O4S/c1-4-7-28(25,26)22-17-13-5-6-14(17)10-23(9-13)19(24)15-8-11(2)20-18-16(15)12(3)21-27-18/h8,13-14,17,22H,4-7,9-10H2,1-3H3/t13-,14+,17?. The van der Waals surface area contributed by atoms with Crippen LogP contribution in [-0.4, -0.2) is 54.2 Å². The molecule has 2 aromatic rings. The van der Waals surface area contributed by atoms with Crippen molar-refractivity contribution < 1.29 is 17.7 Å². The number of nitrogens with zero attached hydrogens (tertiary/aromatic N) is 3. The van der Waals surface area contributed by atoms with E-state index in [1.165, 1.54) is 0 Å². The average molecular weight is 407 g/mol. The molecule has 0 aromatic carbocycles. The number of aryl methyl sites for hydroxylation is 2. The number of carbonyl (C=O) groups is 1. The normalized spacial score (nSPS) is 24.8. The van der Waals surface area contributed by atoms with Crippen LogP contribution in [-0.2, 0) is 10.0 Å². The number of pyridine rings is 1. The second-order valence-electron chi connectivity index (χ2n) is 8.03. The van der Waals surface area contributed by atoms with Gasteiger partial charge in [-0.3, -0.25) is 4.79 Å². The molecule has 1 saturated carbocycles. The summed E-state index contributed by atoms with van der Waals surface area (Å²) in [5.74, 6) is 0.383. The van der Waals surface area contributed by atoms with Crippen LogP contribution in [0.5, 0.6) is 0 Å². The SMILES string of the molecule is CCCS(=O)(=O)NC1[C@@H]2CC[C@H]1CN(C(=O)c1cc(C)nc3onc(C)c13)C2. The Balaban J connectivity index is 1.57. The molecule has 152 valence electrons. The van der Waals surface area contributed by atoms with Crippen LogP contribution in [0.25, 0.3) is 11.1 Å². The van der Waals surface area contributed by atoms with Crippen molar-refractivity contribution in [3.05, 3.63) is 23.0 Å². The number of nitrogens with one attached hydrogen (secondary N) is 1. The number of fused-ring (bicyclic) bond motifs is 3. The van der Waals surface area contributed by atoms with Crippen molar-refractivity contribution in [2.24, 2.45) is 11.8 Å². The molecule has 1 N–H and O–H groups in total. The number of sulfonamides is 1. The molecule has 2 fully saturated rings. The number of aromatic nitrogens is 2. The molecule has 4 rings (SSSR count). The smallest absolute Gasteiger partial charge is 0.258 e. The highest BCUT2D eigenvalue weighted by atomic mass is 32.2. The van der Waals surface area contributed by atoms with Crippen molar-refractivity contribution in [1.82, 2.24) is 19.8 Å². The second-order valence-corrected chi connectivity index (χ2v) is 9.90. The summed E-state index contributed by atoms with van der Waals surface area (Å²) in [5, 5.41) is 4.61. The predicted molar refractivity (Wildman–Crippen MR) is 104 cm³/mol. The highest BCUT2D eigenvalue weighted by Crippen LogP contribution is 2.38. The van der Waals surface area contributed by atoms with Crippen LogP contribution in [0.2, 0.25) is 0 Å². The molecule has 1 aliphatic heterocycles. The van der Waals surface area contributed by atoms with Gasteiger partial charge in [-0.25, -0.2) is 18.1 Å². The van der Waals surface area contributed by atoms with Crippen LogP contribution in [0, 0.1) is 25.7 Å². The van der Waals surface area contributed by atoms with Gasteiger partial charge in [-0.15, -0.1) is 0 Å². The van der Waals surface area contributed by atoms with Crippen molar-refractivity contribution in [3.63, 3.8) is 0 Å². The monoisotopic (exact) mass is 406 g/mol. The quantitative estimate of drug-likeness (QED) is 0.814. The Morgan fingerprint density at radius 2 is 1.96 bits per heavy atom. The van der Waals surface area contributed by atoms with E-state index >= 15 is 0 Å². The summed E-state index contributed by atoms with van der Waals surface area (Å²) in [6.07, 6.45) is 2.47. The van der Waals surface area contributed by atoms with E-state index in [0.29, 0.717) is 47.6 Å². The lowest BCUT2D eigenvalue weighted by Crippen LogP contribution is -2.54. The van der Waals surface area contributed by atoms with E-state index in [-0.39, 0.29) is 29.5 Å². The van der Waals surface area contributed by atoms with Crippen molar-refractivity contribution in [2.45, 2.75) is 46.1 Å². The fraction of sp³-hybridized carbons (Fsp3) is 0.632. The lowest BCUT2D eigenvalue weighted by molar-refractivity contribution is 0.0629. The summed E-state index contributed by atoms with van der Waals surface area (Å²) >= 11 is 0. The lowest BCUT2D eigenvalue weighted by Gasteiger charge is -2.38. The molecule has 2 bridgehead atoms. The van der Waals surface area contributed by atoms with E-state index in [2.05, 4.69) is 14.9 Å². The summed E-state index contributed by atoms with van der Waals surface area (Å²) in [6.45, 7) is 6.60. The van der Waals surface area contributed by atoms with Gasteiger partial charge in [-0.2, -0.15) is 0 Å². The van der Waals surface area contributed by atoms with Gasteiger partial charge in [-0.05, 0) is 51.0 Å². The van der Waals surface area contributed by atoms with Gasteiger partial charge in [0.2, 0.25) is 10.0 Å². The van der Waals surface area contributed by atoms with Gasteiger partial charge in [0.15, 0.2) is 0 Å². The van der Waals surface area contributed by atoms with Crippen LogP contribution in [0.1, 0.15) is 47.9 Å². The average Bonchev–Trinajstić information content (AvgIpc) is 3.08. The Morgan fingerprint density at radius 3 is 2.61 bits per heavy atom. The Labute approximate surface area is 164 Å². The largest absolute Gasteiger partial charge is 0.338 e. The zero-order valence-electron chi connectivity index (χ0n) is 16.4. The van der Waals surface area contributed by atoms with Gasteiger partial charge < -0.3 is 9.42 Å². The van der Waals surface area contributed by atoms with E-state index in [9.17, 15) is 13.2 Å². The van der Waals surface area contributed by atoms with Gasteiger partial charge in [0, 0.05) is 24.8 Å². The molecule has 1 unspecified atom stereocenters. The Morgan fingerprint density at radius 1 is 1.29 bits per heavy atom. The zero-order valence-corrected chi connectivity index (χ0v) is 17.3. The predicted octanol–water partition coefficient (Wildman–Crippen LogP) is 2.02. The van der Waals surface area contributed by atoms with Crippen LogP contribution < -0.4 is 4.72 Å². The lowest BCUT2D eigenvalue weighted by atomic mass is 9.92. The number of amides is 1. The minimum atomic E-state index is -3.26. The maximum absolute atomic E-state index is 13.3. The fourth-order valence-corrected chi connectivity index (χ4v) is 6.13. The van der Waals surface area contributed by atoms with Crippen molar-refractivity contribution in [3.8, 4) is 0 Å². The van der Waals surface area contributed by atoms with Gasteiger partial charge in [0.05, 0.1) is 22.4 Å². The minimum Gasteiger partial charge on any atom is -0.338 e. The van der Waals surface area contributed by atoms with Crippen molar-refractivity contribution >= 4 is 27.0 Å². The third-order valence-electron chi connectivity index (χ3n) is 5.89. The van der Waals surface area contributed by atoms with Crippen molar-refractivity contribution in [1.29, 1.82) is 0 Å². The molecule has 9 heteroatoms. The fourth-order valence-electron chi connectivity index (χ4n) is 4.67. The van der Waals surface area contributed by atoms with Crippen LogP contribution in [0.4, 0.5) is 0 Å². The van der Waals surface area contributed by atoms with E-state index < -0.39 is 10.0 Å². The van der Waals surface area contributed by atoms with E-state index in [1.54, 1.807) is 13.0 Å². The first kappa shape index (κ1) is 19.3. The third kappa shape index (κ3) is 3.41. The number of piperidine rings is 1. The molecule has 0 radical (unpaired) electrons. The number of likely N-dealkylation sites (tertiary alicyclic amines) is 1. The molecule has 1 saturated heterocycles. The molecule has 1 aliphatic carbocycles. The van der Waals surface area contributed by atoms with Crippen LogP contribution >= 0.6 is 0 Å². The number of hydrogen-bond acceptors (Lipinski definition) is 6. The summed E-state index contributed by atoms with van der Waals surface area (Å²) in [6, 6.07) is 1.71. The molecular weight excluding hydrogens is 380 g/mol. The van der Waals surface area contributed by atoms with Gasteiger partial charge in [0.1, 0.15) is 0 Å². The maximum atomic E-state index is 13.3. The topological polar surface area (TPSA) is 105 Å². The van der Waals surface area contributed by atoms with Crippen LogP contribution in [0.3, 0.4) is 0 Å². The first-order chi connectivity index (χ1) is 13.3. The van der Waals surface area contributed by atoms with Crippen molar-refractivity contribution in [2.75, 3.05) is 18.8 Å². The first-order valence-corrected chi connectivity index (χ1v) is 11.5. The highest BCUT2D eigenvalue weighted by molar-refractivity contribution is 7.89. The maximum Gasteiger partial charge on any atom is 0.258 e. The van der Waals surface area contributed by atoms with E-state index in [4.69, 9.17) is 4.52 Å². The zero-order chi connectivity index (χ0) is 20.1. The molecule has 3 heterocycles. The molecule has 2 aliphatic rings. The highest BCUT2D eigenvalue weighted by Gasteiger charge is 2.45. The molecular formula is C19H26N4O4S. The third-order valence-corrected chi connectivity index (χ3v) is 7.46. The summed E-state index contributed by atoms with van der Waals surface area (Å²) in [7, 11) is -3.26. The Bertz CT molecular complexity index is 1000. The minimum absolute atomic E-state index is 0.0615. The molecule has 28 heavy (non-hydrogen) atoms. The number of rotatable bonds is 5. The van der Waals surface area contributed by atoms with Crippen LogP contribution in [0.15, 0.2) is 10.6 Å². The number of carbonyl (C=O) groups excluding carboxylic acids is 1. The molecule has 0 spiro atoms. The van der Waals surface area contributed by atoms with Gasteiger partial charge in [-0.1, -0.05) is 12.1 Å². The molecule has 3 atom stereocenters. The second kappa shape index (κ2) is 7.11. The van der Waals surface area contributed by atoms with E-state index in [0.717, 1.165) is 12.8 Å². The molecule has 1 amide bonds.